The summed E-state index contributed by atoms with van der Waals surface area (Å²) in [6, 6.07) is 7.61. The first kappa shape index (κ1) is 17.8. The molecule has 0 aliphatic carbocycles. The molecule has 0 spiro atoms. The molecule has 5 heteroatoms. The molecule has 0 atom stereocenters. The molecule has 118 valence electrons. The van der Waals surface area contributed by atoms with Gasteiger partial charge in [-0.15, -0.1) is 0 Å². The Balaban J connectivity index is 1.94. The minimum atomic E-state index is 0.0380. The van der Waals surface area contributed by atoms with Gasteiger partial charge in [0, 0.05) is 12.2 Å². The van der Waals surface area contributed by atoms with Crippen molar-refractivity contribution in [1.82, 2.24) is 0 Å². The van der Waals surface area contributed by atoms with Crippen LogP contribution in [0.1, 0.15) is 22.3 Å². The molecule has 1 aromatic carbocycles. The fourth-order valence-corrected chi connectivity index (χ4v) is 1.85. The fourth-order valence-electron chi connectivity index (χ4n) is 1.85. The van der Waals surface area contributed by atoms with Crippen molar-refractivity contribution >= 4 is 6.29 Å². The van der Waals surface area contributed by atoms with Crippen molar-refractivity contribution < 1.29 is 24.1 Å². The standard InChI is InChI=1S/C16H24O5/c17-7-9-20-11-13-21-12-10-19-8-3-6-15-4-1-2-5-16(15)14-18/h1-2,4-5,14,17H,3,6-13H2. The van der Waals surface area contributed by atoms with Gasteiger partial charge in [0.2, 0.25) is 0 Å². The average molecular weight is 296 g/mol. The lowest BCUT2D eigenvalue weighted by atomic mass is 10.0. The lowest BCUT2D eigenvalue weighted by Gasteiger charge is -2.07. The third kappa shape index (κ3) is 8.57. The average Bonchev–Trinajstić information content (AvgIpc) is 2.53. The van der Waals surface area contributed by atoms with Crippen LogP contribution in [0.15, 0.2) is 24.3 Å². The van der Waals surface area contributed by atoms with Gasteiger partial charge in [-0.1, -0.05) is 24.3 Å². The van der Waals surface area contributed by atoms with Crippen LogP contribution in [0.5, 0.6) is 0 Å². The van der Waals surface area contributed by atoms with Gasteiger partial charge in [-0.05, 0) is 18.4 Å². The van der Waals surface area contributed by atoms with Crippen molar-refractivity contribution in [2.24, 2.45) is 0 Å². The van der Waals surface area contributed by atoms with Crippen molar-refractivity contribution in [2.45, 2.75) is 12.8 Å². The maximum absolute atomic E-state index is 10.9. The zero-order valence-corrected chi connectivity index (χ0v) is 12.3. The highest BCUT2D eigenvalue weighted by Gasteiger charge is 2.00. The van der Waals surface area contributed by atoms with E-state index in [1.165, 1.54) is 0 Å². The minimum Gasteiger partial charge on any atom is -0.394 e. The Kier molecular flexibility index (Phi) is 10.6. The van der Waals surface area contributed by atoms with Crippen LogP contribution in [0.4, 0.5) is 0 Å². The summed E-state index contributed by atoms with van der Waals surface area (Å²) in [4.78, 5) is 10.9. The molecular formula is C16H24O5. The van der Waals surface area contributed by atoms with Gasteiger partial charge in [0.05, 0.1) is 39.6 Å². The Morgan fingerprint density at radius 3 is 2.19 bits per heavy atom. The van der Waals surface area contributed by atoms with Crippen molar-refractivity contribution in [3.8, 4) is 0 Å². The highest BCUT2D eigenvalue weighted by Crippen LogP contribution is 2.08. The van der Waals surface area contributed by atoms with Crippen LogP contribution < -0.4 is 0 Å². The molecule has 0 bridgehead atoms. The van der Waals surface area contributed by atoms with E-state index in [2.05, 4.69) is 0 Å². The Bertz CT molecular complexity index is 381. The van der Waals surface area contributed by atoms with E-state index in [-0.39, 0.29) is 6.61 Å². The quantitative estimate of drug-likeness (QED) is 0.441. The topological polar surface area (TPSA) is 65.0 Å². The van der Waals surface area contributed by atoms with E-state index >= 15 is 0 Å². The van der Waals surface area contributed by atoms with E-state index in [1.807, 2.05) is 24.3 Å². The van der Waals surface area contributed by atoms with E-state index in [0.717, 1.165) is 30.3 Å². The van der Waals surface area contributed by atoms with Crippen molar-refractivity contribution in [3.05, 3.63) is 35.4 Å². The predicted molar refractivity (Wildman–Crippen MR) is 79.7 cm³/mol. The van der Waals surface area contributed by atoms with Crippen LogP contribution in [0.2, 0.25) is 0 Å². The van der Waals surface area contributed by atoms with E-state index in [4.69, 9.17) is 19.3 Å². The molecule has 0 saturated carbocycles. The number of aldehydes is 1. The monoisotopic (exact) mass is 296 g/mol. The van der Waals surface area contributed by atoms with Gasteiger partial charge in [0.15, 0.2) is 0 Å². The Morgan fingerprint density at radius 2 is 1.52 bits per heavy atom. The number of hydrogen-bond donors (Lipinski definition) is 1. The van der Waals surface area contributed by atoms with Gasteiger partial charge >= 0.3 is 0 Å². The van der Waals surface area contributed by atoms with Crippen LogP contribution in [0.3, 0.4) is 0 Å². The van der Waals surface area contributed by atoms with Crippen LogP contribution in [0.25, 0.3) is 0 Å². The van der Waals surface area contributed by atoms with Gasteiger partial charge in [-0.3, -0.25) is 4.79 Å². The van der Waals surface area contributed by atoms with Crippen LogP contribution in [-0.4, -0.2) is 57.6 Å². The molecule has 1 N–H and O–H groups in total. The molecule has 1 rings (SSSR count). The minimum absolute atomic E-state index is 0.0380. The summed E-state index contributed by atoms with van der Waals surface area (Å²) in [5, 5.41) is 8.50. The summed E-state index contributed by atoms with van der Waals surface area (Å²) in [5.74, 6) is 0. The first-order chi connectivity index (χ1) is 10.4. The second-order valence-electron chi connectivity index (χ2n) is 4.48. The summed E-state index contributed by atoms with van der Waals surface area (Å²) < 4.78 is 15.8. The molecule has 0 aromatic heterocycles. The fraction of sp³-hybridized carbons (Fsp3) is 0.562. The first-order valence-electron chi connectivity index (χ1n) is 7.25. The molecule has 0 fully saturated rings. The second-order valence-corrected chi connectivity index (χ2v) is 4.48. The third-order valence-corrected chi connectivity index (χ3v) is 2.90. The second kappa shape index (κ2) is 12.5. The van der Waals surface area contributed by atoms with Gasteiger partial charge in [0.25, 0.3) is 0 Å². The number of aliphatic hydroxyl groups excluding tert-OH is 1. The number of rotatable bonds is 13. The highest BCUT2D eigenvalue weighted by molar-refractivity contribution is 5.77. The molecule has 0 heterocycles. The molecule has 0 aliphatic heterocycles. The summed E-state index contributed by atoms with van der Waals surface area (Å²) in [6.07, 6.45) is 2.61. The highest BCUT2D eigenvalue weighted by atomic mass is 16.5. The molecule has 0 amide bonds. The summed E-state index contributed by atoms with van der Waals surface area (Å²) in [7, 11) is 0. The van der Waals surface area contributed by atoms with Crippen molar-refractivity contribution in [2.75, 3.05) is 46.2 Å². The molecule has 0 unspecified atom stereocenters. The van der Waals surface area contributed by atoms with Gasteiger partial charge in [-0.2, -0.15) is 0 Å². The summed E-state index contributed by atoms with van der Waals surface area (Å²) >= 11 is 0. The molecule has 0 saturated heterocycles. The lowest BCUT2D eigenvalue weighted by molar-refractivity contribution is 0.00744. The molecule has 5 nitrogen and oxygen atoms in total. The van der Waals surface area contributed by atoms with E-state index < -0.39 is 0 Å². The van der Waals surface area contributed by atoms with Crippen LogP contribution >= 0.6 is 0 Å². The zero-order valence-electron chi connectivity index (χ0n) is 12.3. The summed E-state index contributed by atoms with van der Waals surface area (Å²) in [5.41, 5.74) is 1.82. The zero-order chi connectivity index (χ0) is 15.2. The van der Waals surface area contributed by atoms with Gasteiger partial charge < -0.3 is 19.3 Å². The summed E-state index contributed by atoms with van der Waals surface area (Å²) in [6.45, 7) is 3.12. The Hall–Kier alpha value is -1.27. The number of ether oxygens (including phenoxy) is 3. The van der Waals surface area contributed by atoms with Gasteiger partial charge in [-0.25, -0.2) is 0 Å². The van der Waals surface area contributed by atoms with E-state index in [1.54, 1.807) is 0 Å². The number of hydrogen-bond acceptors (Lipinski definition) is 5. The SMILES string of the molecule is O=Cc1ccccc1CCCOCCOCCOCCO. The molecule has 0 aliphatic rings. The van der Waals surface area contributed by atoms with Crippen LogP contribution in [-0.2, 0) is 20.6 Å². The molecule has 1 aromatic rings. The van der Waals surface area contributed by atoms with Crippen molar-refractivity contribution in [3.63, 3.8) is 0 Å². The number of aryl methyl sites for hydroxylation is 1. The third-order valence-electron chi connectivity index (χ3n) is 2.90. The van der Waals surface area contributed by atoms with Crippen molar-refractivity contribution in [1.29, 1.82) is 0 Å². The van der Waals surface area contributed by atoms with Crippen LogP contribution in [0, 0.1) is 0 Å². The number of carbonyl (C=O) groups is 1. The van der Waals surface area contributed by atoms with Gasteiger partial charge in [0.1, 0.15) is 6.29 Å². The number of aliphatic hydroxyl groups is 1. The predicted octanol–water partition coefficient (Wildman–Crippen LogP) is 1.47. The Morgan fingerprint density at radius 1 is 0.905 bits per heavy atom. The number of benzene rings is 1. The molecule has 0 radical (unpaired) electrons. The smallest absolute Gasteiger partial charge is 0.150 e. The number of carbonyl (C=O) groups excluding carboxylic acids is 1. The Labute approximate surface area is 125 Å². The molecule has 21 heavy (non-hydrogen) atoms. The maximum Gasteiger partial charge on any atom is 0.150 e. The largest absolute Gasteiger partial charge is 0.394 e. The normalized spacial score (nSPS) is 10.7. The molecular weight excluding hydrogens is 272 g/mol. The van der Waals surface area contributed by atoms with E-state index in [0.29, 0.717) is 39.6 Å². The lowest BCUT2D eigenvalue weighted by Crippen LogP contribution is -2.11. The van der Waals surface area contributed by atoms with E-state index in [9.17, 15) is 4.79 Å². The first-order valence-corrected chi connectivity index (χ1v) is 7.25. The maximum atomic E-state index is 10.9.